The fourth-order valence-electron chi connectivity index (χ4n) is 4.29. The van der Waals surface area contributed by atoms with Crippen molar-refractivity contribution in [3.8, 4) is 23.0 Å². The second-order valence-corrected chi connectivity index (χ2v) is 7.37. The van der Waals surface area contributed by atoms with Crippen molar-refractivity contribution in [1.82, 2.24) is 4.90 Å². The third-order valence-corrected chi connectivity index (χ3v) is 5.69. The van der Waals surface area contributed by atoms with Crippen molar-refractivity contribution in [2.45, 2.75) is 31.4 Å². The first-order valence-electron chi connectivity index (χ1n) is 9.62. The van der Waals surface area contributed by atoms with E-state index in [1.807, 2.05) is 24.3 Å². The van der Waals surface area contributed by atoms with Crippen molar-refractivity contribution in [1.29, 1.82) is 0 Å². The molecule has 2 aromatic carbocycles. The summed E-state index contributed by atoms with van der Waals surface area (Å²) in [6.07, 6.45) is 1.54. The molecule has 2 aliphatic rings. The topological polar surface area (TPSA) is 60.4 Å². The number of para-hydroxylation sites is 1. The Morgan fingerprint density at radius 2 is 2.04 bits per heavy atom. The first-order chi connectivity index (χ1) is 13.6. The van der Waals surface area contributed by atoms with Gasteiger partial charge in [0.1, 0.15) is 5.75 Å². The first-order valence-corrected chi connectivity index (χ1v) is 9.62. The fourth-order valence-corrected chi connectivity index (χ4v) is 4.29. The molecule has 4 rings (SSSR count). The summed E-state index contributed by atoms with van der Waals surface area (Å²) in [6, 6.07) is 9.93. The molecule has 0 saturated carbocycles. The number of aliphatic hydroxyl groups is 1. The number of benzene rings is 2. The van der Waals surface area contributed by atoms with Gasteiger partial charge < -0.3 is 24.1 Å². The third kappa shape index (κ3) is 3.38. The van der Waals surface area contributed by atoms with E-state index >= 15 is 0 Å². The molecular weight excluding hydrogens is 358 g/mol. The summed E-state index contributed by atoms with van der Waals surface area (Å²) in [7, 11) is 5.41. The summed E-state index contributed by atoms with van der Waals surface area (Å²) in [4.78, 5) is 2.28. The van der Waals surface area contributed by atoms with E-state index in [1.54, 1.807) is 14.2 Å². The maximum absolute atomic E-state index is 10.9. The molecule has 6 nitrogen and oxygen atoms in total. The Morgan fingerprint density at radius 3 is 2.82 bits per heavy atom. The summed E-state index contributed by atoms with van der Waals surface area (Å²) >= 11 is 0. The van der Waals surface area contributed by atoms with E-state index in [0.717, 1.165) is 41.3 Å². The standard InChI is InChI=1S/C22H27NO5/c1-23-9-8-15-11-19-21(28-13-27-19)22(26-3)20(15)17(23)12-16(24)10-14-6-4-5-7-18(14)25-2/h4-7,11,16-17,24H,8-10,12-13H2,1-3H3/t16-,17+/m1/s1. The Labute approximate surface area is 165 Å². The maximum atomic E-state index is 10.9. The van der Waals surface area contributed by atoms with Gasteiger partial charge in [-0.05, 0) is 43.1 Å². The zero-order valence-electron chi connectivity index (χ0n) is 16.6. The summed E-state index contributed by atoms with van der Waals surface area (Å²) in [5.74, 6) is 2.94. The lowest BCUT2D eigenvalue weighted by molar-refractivity contribution is 0.107. The minimum absolute atomic E-state index is 0.0397. The van der Waals surface area contributed by atoms with Crippen LogP contribution in [0.25, 0.3) is 0 Å². The van der Waals surface area contributed by atoms with Crippen molar-refractivity contribution >= 4 is 0 Å². The fraction of sp³-hybridized carbons (Fsp3) is 0.455. The summed E-state index contributed by atoms with van der Waals surface area (Å²) in [5, 5.41) is 10.9. The average molecular weight is 385 g/mol. The molecule has 2 heterocycles. The summed E-state index contributed by atoms with van der Waals surface area (Å²) in [6.45, 7) is 1.13. The first kappa shape index (κ1) is 18.9. The van der Waals surface area contributed by atoms with Crippen molar-refractivity contribution in [2.24, 2.45) is 0 Å². The zero-order valence-corrected chi connectivity index (χ0v) is 16.6. The number of rotatable bonds is 6. The molecule has 2 aliphatic heterocycles. The number of ether oxygens (including phenoxy) is 4. The van der Waals surface area contributed by atoms with Gasteiger partial charge in [-0.2, -0.15) is 0 Å². The van der Waals surface area contributed by atoms with Crippen LogP contribution in [0, 0.1) is 0 Å². The van der Waals surface area contributed by atoms with Crippen molar-refractivity contribution < 1.29 is 24.1 Å². The molecule has 2 aromatic rings. The highest BCUT2D eigenvalue weighted by Gasteiger charge is 2.35. The lowest BCUT2D eigenvalue weighted by Crippen LogP contribution is -2.35. The Kier molecular flexibility index (Phi) is 5.33. The van der Waals surface area contributed by atoms with Gasteiger partial charge >= 0.3 is 0 Å². The zero-order chi connectivity index (χ0) is 19.7. The van der Waals surface area contributed by atoms with Crippen LogP contribution in [-0.2, 0) is 12.8 Å². The average Bonchev–Trinajstić information content (AvgIpc) is 3.17. The van der Waals surface area contributed by atoms with Crippen molar-refractivity contribution in [3.63, 3.8) is 0 Å². The van der Waals surface area contributed by atoms with Gasteiger partial charge in [-0.3, -0.25) is 4.90 Å². The second kappa shape index (κ2) is 7.89. The van der Waals surface area contributed by atoms with Crippen LogP contribution in [0.3, 0.4) is 0 Å². The number of hydrogen-bond donors (Lipinski definition) is 1. The van der Waals surface area contributed by atoms with Gasteiger partial charge in [-0.1, -0.05) is 18.2 Å². The predicted molar refractivity (Wildman–Crippen MR) is 106 cm³/mol. The van der Waals surface area contributed by atoms with Crippen LogP contribution in [0.2, 0.25) is 0 Å². The van der Waals surface area contributed by atoms with Crippen LogP contribution in [0.15, 0.2) is 30.3 Å². The van der Waals surface area contributed by atoms with Gasteiger partial charge in [-0.15, -0.1) is 0 Å². The van der Waals surface area contributed by atoms with Gasteiger partial charge in [0.25, 0.3) is 0 Å². The maximum Gasteiger partial charge on any atom is 0.231 e. The SMILES string of the molecule is COc1ccccc1C[C@@H](O)C[C@H]1c2c(cc3c(c2OC)OCO3)CCN1C. The van der Waals surface area contributed by atoms with Crippen LogP contribution < -0.4 is 18.9 Å². The Balaban J connectivity index is 1.62. The number of hydrogen-bond acceptors (Lipinski definition) is 6. The van der Waals surface area contributed by atoms with E-state index in [-0.39, 0.29) is 12.8 Å². The molecule has 0 radical (unpaired) electrons. The molecule has 0 fully saturated rings. The molecule has 28 heavy (non-hydrogen) atoms. The highest BCUT2D eigenvalue weighted by atomic mass is 16.7. The number of methoxy groups -OCH3 is 2. The van der Waals surface area contributed by atoms with Crippen LogP contribution in [0.5, 0.6) is 23.0 Å². The third-order valence-electron chi connectivity index (χ3n) is 5.69. The number of fused-ring (bicyclic) bond motifs is 2. The molecule has 0 aromatic heterocycles. The number of likely N-dealkylation sites (N-methyl/N-ethyl adjacent to an activating group) is 1. The van der Waals surface area contributed by atoms with E-state index in [4.69, 9.17) is 18.9 Å². The monoisotopic (exact) mass is 385 g/mol. The van der Waals surface area contributed by atoms with Crippen LogP contribution in [0.1, 0.15) is 29.2 Å². The lowest BCUT2D eigenvalue weighted by atomic mass is 9.87. The molecule has 150 valence electrons. The molecule has 2 atom stereocenters. The number of nitrogens with zero attached hydrogens (tertiary/aromatic N) is 1. The molecule has 0 saturated heterocycles. The Hall–Kier alpha value is -2.44. The van der Waals surface area contributed by atoms with E-state index in [1.165, 1.54) is 5.56 Å². The summed E-state index contributed by atoms with van der Waals surface area (Å²) < 4.78 is 22.4. The summed E-state index contributed by atoms with van der Waals surface area (Å²) in [5.41, 5.74) is 3.31. The molecule has 6 heteroatoms. The second-order valence-electron chi connectivity index (χ2n) is 7.37. The van der Waals surface area contributed by atoms with Crippen LogP contribution in [0.4, 0.5) is 0 Å². The van der Waals surface area contributed by atoms with Crippen LogP contribution in [-0.4, -0.2) is 50.7 Å². The molecule has 1 N–H and O–H groups in total. The molecule has 0 spiro atoms. The lowest BCUT2D eigenvalue weighted by Gasteiger charge is -2.37. The predicted octanol–water partition coefficient (Wildman–Crippen LogP) is 2.96. The molecule has 0 bridgehead atoms. The molecule has 0 aliphatic carbocycles. The van der Waals surface area contributed by atoms with Gasteiger partial charge in [-0.25, -0.2) is 0 Å². The van der Waals surface area contributed by atoms with Crippen molar-refractivity contribution in [3.05, 3.63) is 47.0 Å². The Bertz CT molecular complexity index is 853. The van der Waals surface area contributed by atoms with E-state index in [2.05, 4.69) is 18.0 Å². The quantitative estimate of drug-likeness (QED) is 0.825. The largest absolute Gasteiger partial charge is 0.496 e. The Morgan fingerprint density at radius 1 is 1.21 bits per heavy atom. The van der Waals surface area contributed by atoms with E-state index in [0.29, 0.717) is 18.6 Å². The van der Waals surface area contributed by atoms with E-state index in [9.17, 15) is 5.11 Å². The highest BCUT2D eigenvalue weighted by Crippen LogP contribution is 2.50. The van der Waals surface area contributed by atoms with Gasteiger partial charge in [0.2, 0.25) is 12.5 Å². The van der Waals surface area contributed by atoms with Gasteiger partial charge in [0.05, 0.1) is 20.3 Å². The van der Waals surface area contributed by atoms with Crippen molar-refractivity contribution in [2.75, 3.05) is 34.6 Å². The molecule has 0 unspecified atom stereocenters. The minimum Gasteiger partial charge on any atom is -0.496 e. The van der Waals surface area contributed by atoms with Crippen LogP contribution >= 0.6 is 0 Å². The number of aliphatic hydroxyl groups excluding tert-OH is 1. The van der Waals surface area contributed by atoms with Gasteiger partial charge in [0.15, 0.2) is 11.5 Å². The van der Waals surface area contributed by atoms with Gasteiger partial charge in [0, 0.05) is 24.6 Å². The highest BCUT2D eigenvalue weighted by molar-refractivity contribution is 5.61. The van der Waals surface area contributed by atoms with E-state index < -0.39 is 6.10 Å². The molecular formula is C22H27NO5. The normalized spacial score (nSPS) is 19.2. The molecule has 0 amide bonds. The minimum atomic E-state index is -0.509. The smallest absolute Gasteiger partial charge is 0.231 e.